The maximum absolute atomic E-state index is 2.29. The fraction of sp³-hybridized carbons (Fsp3) is 0. The van der Waals surface area contributed by atoms with Crippen LogP contribution in [0, 0.1) is 0 Å². The molecule has 0 radical (unpaired) electrons. The van der Waals surface area contributed by atoms with Gasteiger partial charge in [0.05, 0.1) is 0 Å². The monoisotopic (exact) mass is 202 g/mol. The molecule has 0 atom stereocenters. The zero-order valence-electron chi connectivity index (χ0n) is 7.69. The van der Waals surface area contributed by atoms with Crippen LogP contribution in [-0.4, -0.2) is 54.0 Å². The fourth-order valence-corrected chi connectivity index (χ4v) is 4.05. The Morgan fingerprint density at radius 2 is 2.14 bits per heavy atom. The second-order valence-corrected chi connectivity index (χ2v) is 5.43. The molecule has 2 aliphatic heterocycles. The average molecular weight is 201 g/mol. The molecule has 3 rings (SSSR count). The Balaban J connectivity index is 2.20. The van der Waals surface area contributed by atoms with Gasteiger partial charge in [0.2, 0.25) is 0 Å². The van der Waals surface area contributed by atoms with E-state index in [0.717, 1.165) is 0 Å². The molecule has 2 aliphatic rings. The van der Waals surface area contributed by atoms with Gasteiger partial charge >= 0.3 is 96.9 Å². The van der Waals surface area contributed by atoms with Gasteiger partial charge in [0.15, 0.2) is 0 Å². The maximum atomic E-state index is 2.29. The zero-order valence-corrected chi connectivity index (χ0v) is 9.33. The Kier molecular flexibility index (Phi) is 2.94. The van der Waals surface area contributed by atoms with Crippen LogP contribution in [0.1, 0.15) is 0 Å². The number of thiophene rings is 1. The van der Waals surface area contributed by atoms with Crippen molar-refractivity contribution in [2.75, 3.05) is 0 Å². The molecule has 10 heteroatoms. The summed E-state index contributed by atoms with van der Waals surface area (Å²) in [4.78, 5) is 1.45. The van der Waals surface area contributed by atoms with Gasteiger partial charge in [0, 0.05) is 0 Å². The molecule has 0 aliphatic carbocycles. The van der Waals surface area contributed by atoms with Gasteiger partial charge in [-0.25, -0.2) is 0 Å². The van der Waals surface area contributed by atoms with Crippen LogP contribution in [0.5, 0.6) is 0 Å². The van der Waals surface area contributed by atoms with Gasteiger partial charge < -0.3 is 0 Å². The third kappa shape index (κ3) is 1.69. The molecule has 0 aromatic carbocycles. The zero-order chi connectivity index (χ0) is 9.38. The van der Waals surface area contributed by atoms with E-state index in [1.165, 1.54) is 29.4 Å². The predicted molar refractivity (Wildman–Crippen MR) is 77.9 cm³/mol. The van der Waals surface area contributed by atoms with Crippen LogP contribution >= 0.6 is 22.9 Å². The van der Waals surface area contributed by atoms with Crippen molar-refractivity contribution in [2.45, 2.75) is 4.90 Å². The van der Waals surface area contributed by atoms with Crippen LogP contribution in [0.2, 0.25) is 0 Å². The number of hydrogen-bond acceptors (Lipinski definition) is 2. The Morgan fingerprint density at radius 1 is 1.14 bits per heavy atom. The molecular formula is C4H2B8S2. The van der Waals surface area contributed by atoms with Crippen LogP contribution < -0.4 is 15.0 Å². The van der Waals surface area contributed by atoms with Gasteiger partial charge in [0.1, 0.15) is 0 Å². The van der Waals surface area contributed by atoms with Crippen molar-refractivity contribution in [3.63, 3.8) is 0 Å². The molecule has 0 saturated carbocycles. The van der Waals surface area contributed by atoms with E-state index in [4.69, 9.17) is 0 Å². The summed E-state index contributed by atoms with van der Waals surface area (Å²) in [6.45, 7) is 11.0. The van der Waals surface area contributed by atoms with Crippen molar-refractivity contribution in [3.8, 4) is 0 Å². The third-order valence-corrected chi connectivity index (χ3v) is 4.78. The first kappa shape index (κ1) is 9.77. The van der Waals surface area contributed by atoms with Crippen molar-refractivity contribution >= 4 is 92.0 Å². The summed E-state index contributed by atoms with van der Waals surface area (Å²) in [7, 11) is 2.43. The van der Waals surface area contributed by atoms with E-state index in [2.05, 4.69) is 39.8 Å². The van der Waals surface area contributed by atoms with E-state index in [1.54, 1.807) is 4.78 Å². The Bertz CT molecular complexity index is 458. The second-order valence-electron chi connectivity index (χ2n) is 3.38. The van der Waals surface area contributed by atoms with E-state index < -0.39 is 0 Å². The molecule has 0 N–H and O–H groups in total. The summed E-state index contributed by atoms with van der Waals surface area (Å²) in [6, 6.07) is 0. The minimum absolute atomic E-state index is 1.20. The van der Waals surface area contributed by atoms with Crippen LogP contribution in [0.4, 0.5) is 0 Å². The van der Waals surface area contributed by atoms with Crippen LogP contribution in [0.15, 0.2) is 4.90 Å². The molecule has 0 saturated heterocycles. The summed E-state index contributed by atoms with van der Waals surface area (Å²) in [5, 5.41) is 0. The summed E-state index contributed by atoms with van der Waals surface area (Å²) in [6.07, 6.45) is 2.16. The van der Waals surface area contributed by atoms with E-state index >= 15 is 0 Å². The van der Waals surface area contributed by atoms with Crippen LogP contribution in [-0.2, 0) is 0 Å². The predicted octanol–water partition coefficient (Wildman–Crippen LogP) is -3.75. The molecule has 0 fully saturated rings. The van der Waals surface area contributed by atoms with Crippen LogP contribution in [0.3, 0.4) is 0 Å². The summed E-state index contributed by atoms with van der Waals surface area (Å²) in [5.74, 6) is 0. The Hall–Kier alpha value is 0.569. The number of rotatable bonds is 0. The number of fused-ring (bicyclic) bond motifs is 3. The normalized spacial score (nSPS) is 13.1. The molecular weight excluding hydrogens is 199 g/mol. The molecule has 1 aromatic rings. The molecule has 14 heavy (non-hydrogen) atoms. The first-order chi connectivity index (χ1) is 6.95. The van der Waals surface area contributed by atoms with Gasteiger partial charge in [-0.2, -0.15) is 0 Å². The number of hydrogen-bond donors (Lipinski definition) is 0. The topological polar surface area (TPSA) is 0 Å². The molecule has 0 amide bonds. The average Bonchev–Trinajstić information content (AvgIpc) is 2.42. The van der Waals surface area contributed by atoms with Crippen molar-refractivity contribution in [1.29, 1.82) is 0 Å². The summed E-state index contributed by atoms with van der Waals surface area (Å²) in [5.41, 5.74) is 1.47. The summed E-state index contributed by atoms with van der Waals surface area (Å²) >= 11 is 3.80. The molecule has 3 heterocycles. The van der Waals surface area contributed by atoms with Crippen molar-refractivity contribution in [1.82, 2.24) is 0 Å². The first-order valence-electron chi connectivity index (χ1n) is 4.77. The van der Waals surface area contributed by atoms with Crippen molar-refractivity contribution in [2.24, 2.45) is 0 Å². The molecule has 0 nitrogen and oxygen atoms in total. The SMILES string of the molecule is B1=BSc2c(sc3c2B=BBB3)B=B1. The first-order valence-corrected chi connectivity index (χ1v) is 6.47. The van der Waals surface area contributed by atoms with Crippen molar-refractivity contribution < 1.29 is 0 Å². The molecule has 0 unspecified atom stereocenters. The molecule has 0 bridgehead atoms. The van der Waals surface area contributed by atoms with Gasteiger partial charge in [-0.15, -0.1) is 0 Å². The van der Waals surface area contributed by atoms with Crippen LogP contribution in [0.25, 0.3) is 0 Å². The van der Waals surface area contributed by atoms with Crippen molar-refractivity contribution in [3.05, 3.63) is 0 Å². The minimum atomic E-state index is 1.20. The molecule has 54 valence electrons. The standard InChI is InChI=1S/C4H2B8S2/c5-1-2-4(7-10-11-12-14-2)13-3(1)6-9-8-5/h6,9H. The Labute approximate surface area is 96.7 Å². The molecule has 0 spiro atoms. The summed E-state index contributed by atoms with van der Waals surface area (Å²) < 4.78 is 2.99. The van der Waals surface area contributed by atoms with E-state index in [-0.39, 0.29) is 0 Å². The quantitative estimate of drug-likeness (QED) is 0.388. The second kappa shape index (κ2) is 4.21. The van der Waals surface area contributed by atoms with E-state index in [0.29, 0.717) is 0 Å². The van der Waals surface area contributed by atoms with Gasteiger partial charge in [-0.05, 0) is 0 Å². The Morgan fingerprint density at radius 3 is 3.14 bits per heavy atom. The van der Waals surface area contributed by atoms with Gasteiger partial charge in [-0.3, -0.25) is 0 Å². The fourth-order valence-electron chi connectivity index (χ4n) is 1.79. The van der Waals surface area contributed by atoms with E-state index in [1.807, 2.05) is 22.9 Å². The van der Waals surface area contributed by atoms with Gasteiger partial charge in [0.25, 0.3) is 0 Å². The van der Waals surface area contributed by atoms with E-state index in [9.17, 15) is 0 Å². The third-order valence-electron chi connectivity index (χ3n) is 2.45. The van der Waals surface area contributed by atoms with Gasteiger partial charge in [-0.1, -0.05) is 0 Å². The molecule has 1 aromatic heterocycles.